The summed E-state index contributed by atoms with van der Waals surface area (Å²) < 4.78 is 10.7. The first-order chi connectivity index (χ1) is 14.5. The van der Waals surface area contributed by atoms with Crippen molar-refractivity contribution in [3.05, 3.63) is 65.2 Å². The van der Waals surface area contributed by atoms with Crippen molar-refractivity contribution in [3.63, 3.8) is 0 Å². The number of hydrogen-bond acceptors (Lipinski definition) is 6. The lowest BCUT2D eigenvalue weighted by Crippen LogP contribution is -2.32. The number of phenolic OH excluding ortho intramolecular Hbond substituents is 1. The largest absolute Gasteiger partial charge is 0.508 e. The Kier molecular flexibility index (Phi) is 6.74. The average Bonchev–Trinajstić information content (AvgIpc) is 3.00. The predicted octanol–water partition coefficient (Wildman–Crippen LogP) is 3.25. The third-order valence-electron chi connectivity index (χ3n) is 4.84. The lowest BCUT2D eigenvalue weighted by molar-refractivity contribution is -0.140. The van der Waals surface area contributed by atoms with Crippen molar-refractivity contribution < 1.29 is 29.3 Å². The van der Waals surface area contributed by atoms with Gasteiger partial charge in [-0.05, 0) is 36.2 Å². The molecule has 0 bridgehead atoms. The van der Waals surface area contributed by atoms with E-state index in [-0.39, 0.29) is 30.2 Å². The maximum atomic E-state index is 12.9. The van der Waals surface area contributed by atoms with Crippen molar-refractivity contribution in [2.45, 2.75) is 19.4 Å². The zero-order chi connectivity index (χ0) is 21.7. The van der Waals surface area contributed by atoms with E-state index in [0.717, 1.165) is 6.42 Å². The van der Waals surface area contributed by atoms with Gasteiger partial charge in [-0.3, -0.25) is 9.59 Å². The van der Waals surface area contributed by atoms with E-state index in [2.05, 4.69) is 0 Å². The molecule has 0 saturated carbocycles. The van der Waals surface area contributed by atoms with E-state index in [0.29, 0.717) is 23.5 Å². The molecule has 1 aliphatic rings. The van der Waals surface area contributed by atoms with Crippen molar-refractivity contribution in [2.24, 2.45) is 0 Å². The van der Waals surface area contributed by atoms with Gasteiger partial charge in [0.2, 0.25) is 0 Å². The molecule has 30 heavy (non-hydrogen) atoms. The molecule has 1 aliphatic heterocycles. The number of likely N-dealkylation sites (tertiary alicyclic amines) is 1. The summed E-state index contributed by atoms with van der Waals surface area (Å²) in [5.41, 5.74) is 0.859. The summed E-state index contributed by atoms with van der Waals surface area (Å²) in [6, 6.07) is 12.2. The number of aliphatic hydroxyl groups is 1. The number of carbonyl (C=O) groups is 2. The van der Waals surface area contributed by atoms with Gasteiger partial charge in [0, 0.05) is 19.2 Å². The van der Waals surface area contributed by atoms with Gasteiger partial charge in [0.1, 0.15) is 17.3 Å². The van der Waals surface area contributed by atoms with Gasteiger partial charge in [0.25, 0.3) is 11.7 Å². The number of benzene rings is 2. The van der Waals surface area contributed by atoms with Crippen LogP contribution in [0.3, 0.4) is 0 Å². The van der Waals surface area contributed by atoms with Gasteiger partial charge in [-0.25, -0.2) is 0 Å². The average molecular weight is 411 g/mol. The maximum Gasteiger partial charge on any atom is 0.295 e. The van der Waals surface area contributed by atoms with Crippen LogP contribution in [-0.2, 0) is 14.3 Å². The number of amides is 1. The first kappa shape index (κ1) is 21.4. The summed E-state index contributed by atoms with van der Waals surface area (Å²) in [6.07, 6.45) is 0.832. The number of nitrogens with zero attached hydrogens (tertiary/aromatic N) is 1. The van der Waals surface area contributed by atoms with Gasteiger partial charge in [-0.2, -0.15) is 0 Å². The van der Waals surface area contributed by atoms with Crippen LogP contribution in [0.5, 0.6) is 11.5 Å². The lowest BCUT2D eigenvalue weighted by Gasteiger charge is -2.25. The molecule has 158 valence electrons. The van der Waals surface area contributed by atoms with Crippen LogP contribution in [0.25, 0.3) is 5.76 Å². The molecule has 1 fully saturated rings. The first-order valence-electron chi connectivity index (χ1n) is 9.77. The molecule has 2 N–H and O–H groups in total. The Morgan fingerprint density at radius 1 is 1.10 bits per heavy atom. The molecule has 1 saturated heterocycles. The molecule has 0 aliphatic carbocycles. The highest BCUT2D eigenvalue weighted by Crippen LogP contribution is 2.40. The Bertz CT molecular complexity index is 968. The molecular formula is C23H25NO6. The second-order valence-corrected chi connectivity index (χ2v) is 6.96. The molecule has 7 heteroatoms. The third-order valence-corrected chi connectivity index (χ3v) is 4.84. The van der Waals surface area contributed by atoms with Gasteiger partial charge in [-0.1, -0.05) is 31.2 Å². The number of methoxy groups -OCH3 is 1. The summed E-state index contributed by atoms with van der Waals surface area (Å²) in [6.45, 7) is 2.90. The Morgan fingerprint density at radius 2 is 1.87 bits per heavy atom. The van der Waals surface area contributed by atoms with Gasteiger partial charge in [0.15, 0.2) is 0 Å². The van der Waals surface area contributed by atoms with Crippen LogP contribution in [0.15, 0.2) is 54.1 Å². The molecule has 7 nitrogen and oxygen atoms in total. The highest BCUT2D eigenvalue weighted by atomic mass is 16.5. The Hall–Kier alpha value is -3.32. The number of ketones is 1. The zero-order valence-corrected chi connectivity index (χ0v) is 17.0. The summed E-state index contributed by atoms with van der Waals surface area (Å²) >= 11 is 0. The smallest absolute Gasteiger partial charge is 0.295 e. The minimum absolute atomic E-state index is 0.000192. The quantitative estimate of drug-likeness (QED) is 0.393. The predicted molar refractivity (Wildman–Crippen MR) is 111 cm³/mol. The standard InChI is InChI=1S/C23H25NO6/c1-3-11-30-18-9-5-7-16(14-18)21(26)19-20(15-6-4-8-17(25)13-15)24(10-12-29-2)23(28)22(19)27/h4-9,13-14,20,25-26H,3,10-12H2,1-2H3/b21-19-. The van der Waals surface area contributed by atoms with Gasteiger partial charge >= 0.3 is 0 Å². The Labute approximate surface area is 175 Å². The number of aromatic hydroxyl groups is 1. The molecule has 0 radical (unpaired) electrons. The van der Waals surface area contributed by atoms with E-state index >= 15 is 0 Å². The van der Waals surface area contributed by atoms with Crippen LogP contribution in [0.1, 0.15) is 30.5 Å². The fraction of sp³-hybridized carbons (Fsp3) is 0.304. The normalized spacial score (nSPS) is 18.1. The fourth-order valence-electron chi connectivity index (χ4n) is 3.45. The van der Waals surface area contributed by atoms with Crippen molar-refractivity contribution in [3.8, 4) is 11.5 Å². The molecule has 2 aromatic carbocycles. The maximum absolute atomic E-state index is 12.9. The summed E-state index contributed by atoms with van der Waals surface area (Å²) in [7, 11) is 1.50. The van der Waals surface area contributed by atoms with E-state index in [1.807, 2.05) is 6.92 Å². The number of aliphatic hydroxyl groups excluding tert-OH is 1. The van der Waals surface area contributed by atoms with Crippen LogP contribution in [0.4, 0.5) is 0 Å². The first-order valence-corrected chi connectivity index (χ1v) is 9.77. The number of ether oxygens (including phenoxy) is 2. The highest BCUT2D eigenvalue weighted by molar-refractivity contribution is 6.46. The van der Waals surface area contributed by atoms with Gasteiger partial charge in [0.05, 0.1) is 24.8 Å². The molecule has 0 spiro atoms. The second kappa shape index (κ2) is 9.45. The van der Waals surface area contributed by atoms with Crippen LogP contribution in [-0.4, -0.2) is 53.7 Å². The molecule has 1 atom stereocenters. The number of Topliss-reactive ketones (excluding diaryl/α,β-unsaturated/α-hetero) is 1. The Morgan fingerprint density at radius 3 is 2.57 bits per heavy atom. The number of phenols is 1. The van der Waals surface area contributed by atoms with Crippen molar-refractivity contribution >= 4 is 17.4 Å². The van der Waals surface area contributed by atoms with Crippen molar-refractivity contribution in [1.82, 2.24) is 4.90 Å². The van der Waals surface area contributed by atoms with Crippen LogP contribution >= 0.6 is 0 Å². The fourth-order valence-corrected chi connectivity index (χ4v) is 3.45. The number of carbonyl (C=O) groups excluding carboxylic acids is 2. The van der Waals surface area contributed by atoms with Gasteiger partial charge < -0.3 is 24.6 Å². The highest BCUT2D eigenvalue weighted by Gasteiger charge is 2.45. The number of rotatable bonds is 8. The van der Waals surface area contributed by atoms with Crippen LogP contribution in [0, 0.1) is 0 Å². The third kappa shape index (κ3) is 4.31. The van der Waals surface area contributed by atoms with Gasteiger partial charge in [-0.15, -0.1) is 0 Å². The van der Waals surface area contributed by atoms with Crippen LogP contribution in [0.2, 0.25) is 0 Å². The van der Waals surface area contributed by atoms with E-state index in [1.54, 1.807) is 36.4 Å². The molecule has 1 heterocycles. The van der Waals surface area contributed by atoms with E-state index < -0.39 is 17.7 Å². The molecule has 3 rings (SSSR count). The number of hydrogen-bond donors (Lipinski definition) is 2. The molecule has 1 amide bonds. The summed E-state index contributed by atoms with van der Waals surface area (Å²) in [5.74, 6) is -1.23. The molecule has 0 aromatic heterocycles. The van der Waals surface area contributed by atoms with Crippen molar-refractivity contribution in [2.75, 3.05) is 26.9 Å². The molecular weight excluding hydrogens is 386 g/mol. The summed E-state index contributed by atoms with van der Waals surface area (Å²) in [4.78, 5) is 26.9. The van der Waals surface area contributed by atoms with E-state index in [1.165, 1.54) is 24.1 Å². The van der Waals surface area contributed by atoms with E-state index in [9.17, 15) is 19.8 Å². The van der Waals surface area contributed by atoms with Crippen LogP contribution < -0.4 is 4.74 Å². The zero-order valence-electron chi connectivity index (χ0n) is 17.0. The second-order valence-electron chi connectivity index (χ2n) is 6.96. The minimum atomic E-state index is -0.840. The topological polar surface area (TPSA) is 96.3 Å². The lowest BCUT2D eigenvalue weighted by atomic mass is 9.95. The molecule has 2 aromatic rings. The molecule has 1 unspecified atom stereocenters. The monoisotopic (exact) mass is 411 g/mol. The SMILES string of the molecule is CCCOc1cccc(/C(O)=C2/C(=O)C(=O)N(CCOC)C2c2cccc(O)c2)c1. The Balaban J connectivity index is 2.11. The minimum Gasteiger partial charge on any atom is -0.508 e. The van der Waals surface area contributed by atoms with E-state index in [4.69, 9.17) is 9.47 Å². The summed E-state index contributed by atoms with van der Waals surface area (Å²) in [5, 5.41) is 21.0. The van der Waals surface area contributed by atoms with Crippen molar-refractivity contribution in [1.29, 1.82) is 0 Å².